The van der Waals surface area contributed by atoms with Crippen LogP contribution in [0, 0.1) is 18.6 Å². The Bertz CT molecular complexity index is 581. The van der Waals surface area contributed by atoms with Gasteiger partial charge in [0, 0.05) is 10.5 Å². The minimum Gasteiger partial charge on any atom is -0.207 e. The molecule has 0 spiro atoms. The van der Waals surface area contributed by atoms with E-state index in [9.17, 15) is 8.78 Å². The van der Waals surface area contributed by atoms with Crippen molar-refractivity contribution in [2.45, 2.75) is 16.6 Å². The number of alkyl halides is 1. The summed E-state index contributed by atoms with van der Waals surface area (Å²) in [5.74, 6) is -0.781. The van der Waals surface area contributed by atoms with Crippen molar-refractivity contribution >= 4 is 27.7 Å². The van der Waals surface area contributed by atoms with Crippen molar-refractivity contribution in [3.05, 3.63) is 64.7 Å². The second-order valence-electron chi connectivity index (χ2n) is 4.26. The monoisotopic (exact) mass is 342 g/mol. The van der Waals surface area contributed by atoms with Crippen molar-refractivity contribution in [2.24, 2.45) is 0 Å². The quantitative estimate of drug-likeness (QED) is 0.525. The van der Waals surface area contributed by atoms with Gasteiger partial charge in [-0.25, -0.2) is 8.78 Å². The largest absolute Gasteiger partial charge is 0.207 e. The summed E-state index contributed by atoms with van der Waals surface area (Å²) in [4.78, 5) is 0.789. The second kappa shape index (κ2) is 6.06. The van der Waals surface area contributed by atoms with Crippen LogP contribution >= 0.6 is 27.7 Å². The molecule has 0 amide bonds. The van der Waals surface area contributed by atoms with E-state index in [1.54, 1.807) is 18.7 Å². The molecule has 0 saturated carbocycles. The first kappa shape index (κ1) is 14.5. The summed E-state index contributed by atoms with van der Waals surface area (Å²) in [7, 11) is 0. The Kier molecular flexibility index (Phi) is 4.63. The fraction of sp³-hybridized carbons (Fsp3) is 0.200. The number of aryl methyl sites for hydroxylation is 1. The molecule has 2 aromatic carbocycles. The Balaban J connectivity index is 2.37. The molecule has 2 aromatic rings. The lowest BCUT2D eigenvalue weighted by molar-refractivity contribution is 0.581. The van der Waals surface area contributed by atoms with Gasteiger partial charge >= 0.3 is 0 Å². The van der Waals surface area contributed by atoms with Gasteiger partial charge in [-0.2, -0.15) is 0 Å². The summed E-state index contributed by atoms with van der Waals surface area (Å²) in [6.45, 7) is 1.55. The van der Waals surface area contributed by atoms with Gasteiger partial charge in [0.1, 0.15) is 11.6 Å². The highest BCUT2D eigenvalue weighted by molar-refractivity contribution is 9.09. The molecule has 0 bridgehead atoms. The maximum atomic E-state index is 13.9. The third-order valence-electron chi connectivity index (χ3n) is 2.96. The summed E-state index contributed by atoms with van der Waals surface area (Å²) in [6, 6.07) is 10.3. The van der Waals surface area contributed by atoms with Gasteiger partial charge in [-0.15, -0.1) is 11.8 Å². The number of rotatable bonds is 3. The smallest absolute Gasteiger partial charge is 0.128 e. The van der Waals surface area contributed by atoms with Crippen LogP contribution in [0.15, 0.2) is 41.3 Å². The summed E-state index contributed by atoms with van der Waals surface area (Å²) < 4.78 is 27.5. The van der Waals surface area contributed by atoms with Crippen LogP contribution in [0.5, 0.6) is 0 Å². The van der Waals surface area contributed by atoms with Gasteiger partial charge in [-0.3, -0.25) is 0 Å². The molecule has 1 unspecified atom stereocenters. The second-order valence-corrected chi connectivity index (χ2v) is 6.05. The van der Waals surface area contributed by atoms with Crippen LogP contribution < -0.4 is 0 Å². The zero-order chi connectivity index (χ0) is 14.0. The highest BCUT2D eigenvalue weighted by Crippen LogP contribution is 2.34. The van der Waals surface area contributed by atoms with Gasteiger partial charge in [0.15, 0.2) is 0 Å². The van der Waals surface area contributed by atoms with Gasteiger partial charge in [-0.1, -0.05) is 28.1 Å². The zero-order valence-electron chi connectivity index (χ0n) is 10.6. The van der Waals surface area contributed by atoms with Crippen LogP contribution in [0.25, 0.3) is 0 Å². The van der Waals surface area contributed by atoms with Crippen LogP contribution in [0.1, 0.15) is 21.5 Å². The van der Waals surface area contributed by atoms with Crippen LogP contribution in [-0.2, 0) is 0 Å². The number of thioether (sulfide) groups is 1. The zero-order valence-corrected chi connectivity index (χ0v) is 13.0. The predicted octanol–water partition coefficient (Wildman–Crippen LogP) is 5.48. The number of hydrogen-bond donors (Lipinski definition) is 0. The average Bonchev–Trinajstić information content (AvgIpc) is 2.42. The molecule has 0 heterocycles. The van der Waals surface area contributed by atoms with Crippen molar-refractivity contribution in [1.82, 2.24) is 0 Å². The summed E-state index contributed by atoms with van der Waals surface area (Å²) >= 11 is 5.08. The summed E-state index contributed by atoms with van der Waals surface area (Å²) in [6.07, 6.45) is 2.00. The van der Waals surface area contributed by atoms with Crippen LogP contribution in [-0.4, -0.2) is 6.26 Å². The van der Waals surface area contributed by atoms with Crippen molar-refractivity contribution < 1.29 is 8.78 Å². The number of halogens is 3. The molecular weight excluding hydrogens is 330 g/mol. The fourth-order valence-corrected chi connectivity index (χ4v) is 2.87. The van der Waals surface area contributed by atoms with Gasteiger partial charge in [0.25, 0.3) is 0 Å². The first-order chi connectivity index (χ1) is 9.02. The Morgan fingerprint density at radius 3 is 2.26 bits per heavy atom. The molecule has 0 radical (unpaired) electrons. The van der Waals surface area contributed by atoms with E-state index in [1.165, 1.54) is 12.1 Å². The lowest BCUT2D eigenvalue weighted by Gasteiger charge is -2.13. The van der Waals surface area contributed by atoms with Crippen LogP contribution in [0.2, 0.25) is 0 Å². The minimum absolute atomic E-state index is 0.318. The van der Waals surface area contributed by atoms with Crippen LogP contribution in [0.3, 0.4) is 0 Å². The van der Waals surface area contributed by atoms with Crippen LogP contribution in [0.4, 0.5) is 8.78 Å². The molecule has 0 fully saturated rings. The predicted molar refractivity (Wildman–Crippen MR) is 80.1 cm³/mol. The van der Waals surface area contributed by atoms with E-state index >= 15 is 0 Å². The minimum atomic E-state index is -0.394. The molecule has 0 nitrogen and oxygen atoms in total. The summed E-state index contributed by atoms with van der Waals surface area (Å²) in [5.41, 5.74) is 1.54. The molecule has 0 saturated heterocycles. The van der Waals surface area contributed by atoms with Crippen molar-refractivity contribution in [3.8, 4) is 0 Å². The van der Waals surface area contributed by atoms with E-state index in [4.69, 9.17) is 0 Å². The summed E-state index contributed by atoms with van der Waals surface area (Å²) in [5, 5.41) is 0. The molecule has 100 valence electrons. The Morgan fingerprint density at radius 1 is 1.05 bits per heavy atom. The van der Waals surface area contributed by atoms with E-state index in [0.717, 1.165) is 10.5 Å². The highest BCUT2D eigenvalue weighted by atomic mass is 79.9. The molecular formula is C15H13BrF2S. The average molecular weight is 343 g/mol. The van der Waals surface area contributed by atoms with E-state index in [-0.39, 0.29) is 10.6 Å². The molecule has 0 N–H and O–H groups in total. The maximum absolute atomic E-state index is 13.9. The Morgan fingerprint density at radius 2 is 1.68 bits per heavy atom. The van der Waals surface area contributed by atoms with E-state index in [2.05, 4.69) is 15.9 Å². The van der Waals surface area contributed by atoms with Gasteiger partial charge < -0.3 is 0 Å². The maximum Gasteiger partial charge on any atom is 0.128 e. The lowest BCUT2D eigenvalue weighted by atomic mass is 10.0. The molecule has 19 heavy (non-hydrogen) atoms. The molecule has 4 heteroatoms. The molecule has 0 aliphatic rings. The SMILES string of the molecule is CSc1ccc(C(Br)c2cc(F)c(C)cc2F)cc1. The van der Waals surface area contributed by atoms with Crippen molar-refractivity contribution in [1.29, 1.82) is 0 Å². The molecule has 2 rings (SSSR count). The molecule has 0 aliphatic heterocycles. The first-order valence-electron chi connectivity index (χ1n) is 5.76. The van der Waals surface area contributed by atoms with Crippen molar-refractivity contribution in [3.63, 3.8) is 0 Å². The third-order valence-corrected chi connectivity index (χ3v) is 4.72. The third kappa shape index (κ3) is 3.18. The number of benzene rings is 2. The van der Waals surface area contributed by atoms with E-state index < -0.39 is 5.82 Å². The molecule has 0 aliphatic carbocycles. The molecule has 0 aromatic heterocycles. The van der Waals surface area contributed by atoms with E-state index in [0.29, 0.717) is 11.1 Å². The Labute approximate surface area is 124 Å². The van der Waals surface area contributed by atoms with Gasteiger partial charge in [0.2, 0.25) is 0 Å². The first-order valence-corrected chi connectivity index (χ1v) is 7.90. The van der Waals surface area contributed by atoms with Gasteiger partial charge in [-0.05, 0) is 48.6 Å². The lowest BCUT2D eigenvalue weighted by Crippen LogP contribution is -1.99. The topological polar surface area (TPSA) is 0 Å². The Hall–Kier alpha value is -0.870. The molecule has 1 atom stereocenters. The standard InChI is InChI=1S/C15H13BrF2S/c1-9-7-14(18)12(8-13(9)17)15(16)10-3-5-11(19-2)6-4-10/h3-8,15H,1-2H3. The fourth-order valence-electron chi connectivity index (χ4n) is 1.81. The highest BCUT2D eigenvalue weighted by Gasteiger charge is 2.17. The number of hydrogen-bond acceptors (Lipinski definition) is 1. The van der Waals surface area contributed by atoms with E-state index in [1.807, 2.05) is 30.5 Å². The van der Waals surface area contributed by atoms with Gasteiger partial charge in [0.05, 0.1) is 4.83 Å². The van der Waals surface area contributed by atoms with Crippen molar-refractivity contribution in [2.75, 3.05) is 6.26 Å². The normalized spacial score (nSPS) is 12.5.